The molecule has 11 amide bonds. The Kier molecular flexibility index (Phi) is 35.3. The average molecular weight is 1370 g/mol. The number of esters is 1. The maximum absolute atomic E-state index is 15.5. The van der Waals surface area contributed by atoms with Gasteiger partial charge in [0.1, 0.15) is 82.4 Å². The summed E-state index contributed by atoms with van der Waals surface area (Å²) in [6, 6.07) is -15.3. The number of hydrogen-bond donors (Lipinski definition) is 5. The smallest absolute Gasteiger partial charge is 0.303 e. The molecule has 0 aromatic carbocycles. The van der Waals surface area contributed by atoms with Gasteiger partial charge in [-0.15, -0.1) is 0 Å². The van der Waals surface area contributed by atoms with Crippen molar-refractivity contribution in [1.29, 1.82) is 0 Å². The highest BCUT2D eigenvalue weighted by molar-refractivity contribution is 7.90. The van der Waals surface area contributed by atoms with Crippen molar-refractivity contribution < 1.29 is 75.8 Å². The van der Waals surface area contributed by atoms with Gasteiger partial charge in [0, 0.05) is 69.1 Å². The molecule has 544 valence electrons. The first-order valence-electron chi connectivity index (χ1n) is 33.4. The van der Waals surface area contributed by atoms with Crippen molar-refractivity contribution in [3.8, 4) is 0 Å². The highest BCUT2D eigenvalue weighted by Gasteiger charge is 2.48. The molecule has 5 N–H and O–H groups in total. The maximum Gasteiger partial charge on any atom is 0.303 e. The molecule has 0 unspecified atom stereocenters. The largest absolute Gasteiger partial charge is 0.459 e. The molecule has 1 aliphatic rings. The van der Waals surface area contributed by atoms with Crippen molar-refractivity contribution in [3.63, 3.8) is 0 Å². The molecule has 1 fully saturated rings. The molecule has 0 bridgehead atoms. The van der Waals surface area contributed by atoms with Crippen LogP contribution < -0.4 is 21.3 Å². The zero-order valence-electron chi connectivity index (χ0n) is 61.6. The van der Waals surface area contributed by atoms with Crippen LogP contribution in [0.2, 0.25) is 0 Å². The summed E-state index contributed by atoms with van der Waals surface area (Å²) in [4.78, 5) is 185. The molecule has 1 aliphatic heterocycles. The molecular weight excluding hydrogens is 1250 g/mol. The van der Waals surface area contributed by atoms with E-state index in [0.29, 0.717) is 0 Å². The van der Waals surface area contributed by atoms with Crippen LogP contribution in [0.1, 0.15) is 163 Å². The molecular formula is C67H119N11O16S. The number of carbonyl (C=O) groups excluding carboxylic acids is 12. The fourth-order valence-corrected chi connectivity index (χ4v) is 13.4. The van der Waals surface area contributed by atoms with Crippen molar-refractivity contribution in [2.24, 2.45) is 41.4 Å². The van der Waals surface area contributed by atoms with E-state index in [1.165, 1.54) is 84.8 Å². The number of aliphatic hydroxyl groups excluding tert-OH is 1. The van der Waals surface area contributed by atoms with Crippen LogP contribution in [0.15, 0.2) is 12.2 Å². The lowest BCUT2D eigenvalue weighted by atomic mass is 9.91. The van der Waals surface area contributed by atoms with E-state index in [9.17, 15) is 42.3 Å². The number of hydrogen-bond acceptors (Lipinski definition) is 16. The number of rotatable bonds is 20. The Labute approximate surface area is 566 Å². The van der Waals surface area contributed by atoms with Crippen LogP contribution in [0, 0.1) is 41.4 Å². The number of aliphatic hydroxyl groups is 1. The van der Waals surface area contributed by atoms with E-state index in [4.69, 9.17) is 4.74 Å². The number of amides is 11. The zero-order valence-corrected chi connectivity index (χ0v) is 62.4. The molecule has 1 saturated heterocycles. The maximum atomic E-state index is 15.5. The van der Waals surface area contributed by atoms with Crippen LogP contribution in [0.5, 0.6) is 0 Å². The SMILES string of the molecule is C/C=C/C[C@@H](C)[C@@H](OC(C)=O)[C@H]1C(=O)N[C@@H](CC)C(=O)N(C)[C@H](CCCO)C(=O)N(C)[C@@H]([C@H](C)CS(C)(=O)=O)C(=O)N[C@@H](C(C)C)C(=O)N(C)[C@@H](CC(C)C)C(=O)N[C@@H](C)C(=O)N[C@H](C)C(=O)N(C)[C@@H](CC(C)C)C(=O)N(C)[C@@H](CC(C)C)C(=O)N(C)[C@@H](C(C)C)C(=O)N1C. The monoisotopic (exact) mass is 1370 g/mol. The second-order valence-corrected chi connectivity index (χ2v) is 30.3. The van der Waals surface area contributed by atoms with Crippen molar-refractivity contribution in [2.45, 2.75) is 235 Å². The molecule has 0 aromatic rings. The minimum atomic E-state index is -3.88. The van der Waals surface area contributed by atoms with Gasteiger partial charge in [0.2, 0.25) is 65.0 Å². The van der Waals surface area contributed by atoms with Gasteiger partial charge in [-0.3, -0.25) is 57.5 Å². The lowest BCUT2D eigenvalue weighted by Crippen LogP contribution is -2.64. The number of sulfone groups is 1. The predicted octanol–water partition coefficient (Wildman–Crippen LogP) is 2.62. The van der Waals surface area contributed by atoms with E-state index in [0.717, 1.165) is 32.8 Å². The van der Waals surface area contributed by atoms with Crippen molar-refractivity contribution >= 4 is 80.8 Å². The third-order valence-electron chi connectivity index (χ3n) is 17.6. The summed E-state index contributed by atoms with van der Waals surface area (Å²) in [6.45, 7) is 27.6. The summed E-state index contributed by atoms with van der Waals surface area (Å²) >= 11 is 0. The van der Waals surface area contributed by atoms with E-state index in [1.54, 1.807) is 60.6 Å². The van der Waals surface area contributed by atoms with Crippen molar-refractivity contribution in [1.82, 2.24) is 55.6 Å². The van der Waals surface area contributed by atoms with E-state index in [2.05, 4.69) is 21.3 Å². The first-order chi connectivity index (χ1) is 43.8. The van der Waals surface area contributed by atoms with Crippen LogP contribution in [0.25, 0.3) is 0 Å². The molecule has 0 aliphatic carbocycles. The molecule has 0 saturated carbocycles. The summed E-state index contributed by atoms with van der Waals surface area (Å²) in [5.74, 6) is -14.0. The summed E-state index contributed by atoms with van der Waals surface area (Å²) < 4.78 is 32.0. The Bertz CT molecular complexity index is 2800. The minimum absolute atomic E-state index is 0.0642. The predicted molar refractivity (Wildman–Crippen MR) is 363 cm³/mol. The van der Waals surface area contributed by atoms with Gasteiger partial charge in [-0.1, -0.05) is 102 Å². The Morgan fingerprint density at radius 2 is 0.958 bits per heavy atom. The molecule has 0 radical (unpaired) electrons. The molecule has 1 rings (SSSR count). The van der Waals surface area contributed by atoms with Crippen LogP contribution in [-0.2, 0) is 72.1 Å². The number of carbonyl (C=O) groups is 12. The highest BCUT2D eigenvalue weighted by Crippen LogP contribution is 2.28. The van der Waals surface area contributed by atoms with Gasteiger partial charge in [0.15, 0.2) is 0 Å². The van der Waals surface area contributed by atoms with Crippen LogP contribution in [0.4, 0.5) is 0 Å². The van der Waals surface area contributed by atoms with E-state index < -0.39 is 189 Å². The molecule has 0 spiro atoms. The Balaban J connectivity index is 4.68. The summed E-state index contributed by atoms with van der Waals surface area (Å²) in [5.41, 5.74) is 0. The summed E-state index contributed by atoms with van der Waals surface area (Å²) in [7, 11) is 5.55. The number of likely N-dealkylation sites (N-methyl/N-ethyl adjacent to an activating group) is 7. The standard InChI is InChI=1S/C67H119N11O16S/c1-26-28-30-42(13)56(94-46(17)80)55-60(84)70-47(27-2)62(86)72(18)48(31-29-32-79)63(87)77(23)54(43(14)36-95(25,92)93)59(83)71-52(40(9)10)66(90)73(19)49(33-37(3)4)58(82)68-44(15)57(81)69-45(16)61(85)74(20)50(34-38(5)6)64(88)75(21)51(35-39(7)8)65(89)76(22)53(41(11)12)67(91)78(55)24/h26,28,37-45,47-56,79H,27,29-36H2,1-25H3,(H,68,82)(H,69,81)(H,70,84)(H,71,83)/b28-26+/t42-,43-,44+,45-,47+,48-,49+,50+,51+,52+,53+,54+,55+,56-/m1/s1. The highest BCUT2D eigenvalue weighted by atomic mass is 32.2. The minimum Gasteiger partial charge on any atom is -0.459 e. The lowest BCUT2D eigenvalue weighted by molar-refractivity contribution is -0.164. The topological polar surface area (TPSA) is 339 Å². The van der Waals surface area contributed by atoms with Crippen LogP contribution in [0.3, 0.4) is 0 Å². The molecule has 28 heteroatoms. The Morgan fingerprint density at radius 3 is 1.41 bits per heavy atom. The number of ether oxygens (including phenoxy) is 1. The molecule has 0 aromatic heterocycles. The fraction of sp³-hybridized carbons (Fsp3) is 0.791. The Hall–Kier alpha value is -6.71. The number of allylic oxidation sites excluding steroid dienone is 2. The van der Waals surface area contributed by atoms with E-state index in [1.807, 2.05) is 41.5 Å². The first kappa shape index (κ1) is 86.3. The molecule has 27 nitrogen and oxygen atoms in total. The second-order valence-electron chi connectivity index (χ2n) is 28.1. The van der Waals surface area contributed by atoms with E-state index >= 15 is 28.8 Å². The van der Waals surface area contributed by atoms with Gasteiger partial charge >= 0.3 is 5.97 Å². The van der Waals surface area contributed by atoms with Gasteiger partial charge in [-0.2, -0.15) is 0 Å². The lowest BCUT2D eigenvalue weighted by Gasteiger charge is -2.42. The number of nitrogens with one attached hydrogen (secondary N) is 4. The van der Waals surface area contributed by atoms with Gasteiger partial charge < -0.3 is 65.4 Å². The first-order valence-corrected chi connectivity index (χ1v) is 35.5. The summed E-state index contributed by atoms with van der Waals surface area (Å²) in [6.07, 6.45) is 3.18. The second kappa shape index (κ2) is 38.9. The van der Waals surface area contributed by atoms with Gasteiger partial charge in [0.05, 0.1) is 5.75 Å². The molecule has 95 heavy (non-hydrogen) atoms. The quantitative estimate of drug-likeness (QED) is 0.0864. The van der Waals surface area contributed by atoms with Crippen LogP contribution >= 0.6 is 0 Å². The normalized spacial score (nSPS) is 26.5. The van der Waals surface area contributed by atoms with Gasteiger partial charge in [-0.05, 0) is 107 Å². The van der Waals surface area contributed by atoms with Crippen molar-refractivity contribution in [3.05, 3.63) is 12.2 Å². The van der Waals surface area contributed by atoms with E-state index in [-0.39, 0.29) is 62.7 Å². The average Bonchev–Trinajstić information content (AvgIpc) is 0.818. The molecule has 1 heterocycles. The fourth-order valence-electron chi connectivity index (χ4n) is 12.2. The summed E-state index contributed by atoms with van der Waals surface area (Å²) in [5, 5.41) is 21.0. The molecule has 14 atom stereocenters. The van der Waals surface area contributed by atoms with Gasteiger partial charge in [0.25, 0.3) is 0 Å². The number of nitrogens with zero attached hydrogens (tertiary/aromatic N) is 7. The Morgan fingerprint density at radius 1 is 0.526 bits per heavy atom. The zero-order chi connectivity index (χ0) is 73.8. The third-order valence-corrected chi connectivity index (χ3v) is 18.7. The van der Waals surface area contributed by atoms with Crippen LogP contribution in [-0.4, -0.2) is 259 Å². The van der Waals surface area contributed by atoms with Crippen molar-refractivity contribution in [2.75, 3.05) is 67.9 Å². The van der Waals surface area contributed by atoms with Gasteiger partial charge in [-0.25, -0.2) is 8.42 Å². The third kappa shape index (κ3) is 24.7.